The van der Waals surface area contributed by atoms with Gasteiger partial charge < -0.3 is 10.4 Å². The van der Waals surface area contributed by atoms with E-state index in [1.165, 1.54) is 0 Å². The molecule has 2 unspecified atom stereocenters. The number of rotatable bonds is 6. The Labute approximate surface area is 106 Å². The molecule has 1 aromatic carbocycles. The van der Waals surface area contributed by atoms with Gasteiger partial charge in [-0.2, -0.15) is 0 Å². The van der Waals surface area contributed by atoms with E-state index in [2.05, 4.69) is 35.1 Å². The first-order chi connectivity index (χ1) is 7.67. The molecule has 0 aliphatic heterocycles. The maximum Gasteiger partial charge on any atom is 0.0626 e. The molecular weight excluding hydrogens is 266 g/mol. The molecule has 0 amide bonds. The lowest BCUT2D eigenvalue weighted by atomic mass is 10.1. The third-order valence-corrected chi connectivity index (χ3v) is 3.34. The van der Waals surface area contributed by atoms with Gasteiger partial charge in [-0.3, -0.25) is 0 Å². The van der Waals surface area contributed by atoms with Gasteiger partial charge in [0.1, 0.15) is 0 Å². The molecule has 0 fully saturated rings. The number of nitrogens with one attached hydrogen (secondary N) is 1. The summed E-state index contributed by atoms with van der Waals surface area (Å²) >= 11 is 3.44. The first kappa shape index (κ1) is 13.7. The van der Waals surface area contributed by atoms with Gasteiger partial charge >= 0.3 is 0 Å². The normalized spacial score (nSPS) is 14.8. The van der Waals surface area contributed by atoms with Gasteiger partial charge in [-0.15, -0.1) is 0 Å². The summed E-state index contributed by atoms with van der Waals surface area (Å²) in [5, 5.41) is 12.8. The van der Waals surface area contributed by atoms with E-state index in [0.717, 1.165) is 23.0 Å². The first-order valence-electron chi connectivity index (χ1n) is 5.77. The van der Waals surface area contributed by atoms with Crippen LogP contribution in [0.5, 0.6) is 0 Å². The molecule has 2 N–H and O–H groups in total. The molecule has 16 heavy (non-hydrogen) atoms. The van der Waals surface area contributed by atoms with Gasteiger partial charge in [0, 0.05) is 4.47 Å². The minimum absolute atomic E-state index is 0.0338. The van der Waals surface area contributed by atoms with Crippen molar-refractivity contribution in [3.05, 3.63) is 34.3 Å². The zero-order valence-corrected chi connectivity index (χ0v) is 11.5. The Bertz CT molecular complexity index is 317. The van der Waals surface area contributed by atoms with Crippen molar-refractivity contribution in [2.75, 3.05) is 13.2 Å². The third-order valence-electron chi connectivity index (χ3n) is 2.84. The minimum Gasteiger partial charge on any atom is -0.394 e. The fourth-order valence-electron chi connectivity index (χ4n) is 1.50. The Morgan fingerprint density at radius 1 is 1.44 bits per heavy atom. The summed E-state index contributed by atoms with van der Waals surface area (Å²) in [6.45, 7) is 5.46. The van der Waals surface area contributed by atoms with Gasteiger partial charge in [0.2, 0.25) is 0 Å². The molecule has 2 nitrogen and oxygen atoms in total. The smallest absolute Gasteiger partial charge is 0.0626 e. The average molecular weight is 286 g/mol. The van der Waals surface area contributed by atoms with Crippen LogP contribution in [0.3, 0.4) is 0 Å². The maximum absolute atomic E-state index is 9.38. The zero-order valence-electron chi connectivity index (χ0n) is 9.91. The molecule has 0 saturated carbocycles. The number of hydrogen-bond donors (Lipinski definition) is 2. The van der Waals surface area contributed by atoms with Crippen molar-refractivity contribution in [3.8, 4) is 0 Å². The van der Waals surface area contributed by atoms with Gasteiger partial charge in [0.25, 0.3) is 0 Å². The summed E-state index contributed by atoms with van der Waals surface area (Å²) in [6, 6.07) is 8.10. The van der Waals surface area contributed by atoms with Crippen LogP contribution in [-0.2, 0) is 0 Å². The average Bonchev–Trinajstić information content (AvgIpc) is 2.29. The highest BCUT2D eigenvalue weighted by Crippen LogP contribution is 2.18. The summed E-state index contributed by atoms with van der Waals surface area (Å²) in [5.41, 5.74) is 1.13. The van der Waals surface area contributed by atoms with Gasteiger partial charge in [-0.05, 0) is 30.2 Å². The maximum atomic E-state index is 9.38. The summed E-state index contributed by atoms with van der Waals surface area (Å²) in [5.74, 6) is 0.640. The van der Waals surface area contributed by atoms with Crippen molar-refractivity contribution >= 4 is 15.9 Å². The lowest BCUT2D eigenvalue weighted by molar-refractivity contribution is 0.239. The van der Waals surface area contributed by atoms with E-state index in [1.807, 2.05) is 24.3 Å². The molecule has 3 heteroatoms. The van der Waals surface area contributed by atoms with Crippen molar-refractivity contribution in [2.45, 2.75) is 26.3 Å². The van der Waals surface area contributed by atoms with E-state index in [-0.39, 0.29) is 12.6 Å². The summed E-state index contributed by atoms with van der Waals surface area (Å²) < 4.78 is 1.05. The molecule has 0 spiro atoms. The molecule has 0 aliphatic carbocycles. The lowest BCUT2D eigenvalue weighted by Crippen LogP contribution is -2.28. The molecule has 0 radical (unpaired) electrons. The quantitative estimate of drug-likeness (QED) is 0.842. The van der Waals surface area contributed by atoms with Crippen LogP contribution in [0.4, 0.5) is 0 Å². The van der Waals surface area contributed by atoms with E-state index >= 15 is 0 Å². The fraction of sp³-hybridized carbons (Fsp3) is 0.538. The molecule has 90 valence electrons. The van der Waals surface area contributed by atoms with E-state index in [1.54, 1.807) is 0 Å². The molecule has 1 aromatic rings. The van der Waals surface area contributed by atoms with Crippen molar-refractivity contribution in [1.29, 1.82) is 0 Å². The molecule has 0 saturated heterocycles. The van der Waals surface area contributed by atoms with Gasteiger partial charge in [0.15, 0.2) is 0 Å². The highest BCUT2D eigenvalue weighted by Gasteiger charge is 2.10. The first-order valence-corrected chi connectivity index (χ1v) is 6.56. The van der Waals surface area contributed by atoms with Crippen LogP contribution in [0.1, 0.15) is 31.9 Å². The highest BCUT2D eigenvalue weighted by atomic mass is 79.9. The van der Waals surface area contributed by atoms with Crippen LogP contribution in [0.2, 0.25) is 0 Å². The lowest BCUT2D eigenvalue weighted by Gasteiger charge is -2.19. The Kier molecular flexibility index (Phi) is 6.03. The zero-order chi connectivity index (χ0) is 12.0. The van der Waals surface area contributed by atoms with Gasteiger partial charge in [-0.1, -0.05) is 48.3 Å². The topological polar surface area (TPSA) is 32.3 Å². The van der Waals surface area contributed by atoms with Crippen LogP contribution in [0, 0.1) is 5.92 Å². The molecule has 0 aromatic heterocycles. The van der Waals surface area contributed by atoms with Crippen molar-refractivity contribution < 1.29 is 5.11 Å². The van der Waals surface area contributed by atoms with Crippen LogP contribution in [-0.4, -0.2) is 18.3 Å². The highest BCUT2D eigenvalue weighted by molar-refractivity contribution is 9.10. The fourth-order valence-corrected chi connectivity index (χ4v) is 1.92. The Balaban J connectivity index is 2.60. The number of aliphatic hydroxyl groups excluding tert-OH is 1. The minimum atomic E-state index is 0.0338. The van der Waals surface area contributed by atoms with Crippen molar-refractivity contribution in [1.82, 2.24) is 5.32 Å². The Morgan fingerprint density at radius 2 is 2.19 bits per heavy atom. The van der Waals surface area contributed by atoms with E-state index in [9.17, 15) is 5.11 Å². The summed E-state index contributed by atoms with van der Waals surface area (Å²) in [7, 11) is 0. The van der Waals surface area contributed by atoms with Crippen molar-refractivity contribution in [3.63, 3.8) is 0 Å². The molecular formula is C13H20BrNO. The number of benzene rings is 1. The molecule has 0 bridgehead atoms. The second kappa shape index (κ2) is 7.05. The van der Waals surface area contributed by atoms with Crippen LogP contribution >= 0.6 is 15.9 Å². The van der Waals surface area contributed by atoms with E-state index in [4.69, 9.17) is 0 Å². The van der Waals surface area contributed by atoms with E-state index in [0.29, 0.717) is 5.92 Å². The molecule has 0 heterocycles. The Hall–Kier alpha value is -0.380. The Morgan fingerprint density at radius 3 is 2.75 bits per heavy atom. The SMILES string of the molecule is CCC(C)CNC(CO)c1cccc(Br)c1. The number of halogens is 1. The third kappa shape index (κ3) is 4.24. The predicted octanol–water partition coefficient (Wildman–Crippen LogP) is 3.12. The second-order valence-corrected chi connectivity index (χ2v) is 5.13. The van der Waals surface area contributed by atoms with E-state index < -0.39 is 0 Å². The molecule has 1 rings (SSSR count). The largest absolute Gasteiger partial charge is 0.394 e. The van der Waals surface area contributed by atoms with Crippen LogP contribution in [0.15, 0.2) is 28.7 Å². The van der Waals surface area contributed by atoms with Crippen molar-refractivity contribution in [2.24, 2.45) is 5.92 Å². The van der Waals surface area contributed by atoms with Gasteiger partial charge in [0.05, 0.1) is 12.6 Å². The molecule has 2 atom stereocenters. The summed E-state index contributed by atoms with van der Waals surface area (Å²) in [6.07, 6.45) is 1.16. The second-order valence-electron chi connectivity index (χ2n) is 4.21. The molecule has 0 aliphatic rings. The number of aliphatic hydroxyl groups is 1. The number of hydrogen-bond acceptors (Lipinski definition) is 2. The monoisotopic (exact) mass is 285 g/mol. The van der Waals surface area contributed by atoms with Crippen LogP contribution < -0.4 is 5.32 Å². The predicted molar refractivity (Wildman–Crippen MR) is 71.4 cm³/mol. The standard InChI is InChI=1S/C13H20BrNO/c1-3-10(2)8-15-13(9-16)11-5-4-6-12(14)7-11/h4-7,10,13,15-16H,3,8-9H2,1-2H3. The van der Waals surface area contributed by atoms with Crippen LogP contribution in [0.25, 0.3) is 0 Å². The van der Waals surface area contributed by atoms with Gasteiger partial charge in [-0.25, -0.2) is 0 Å². The summed E-state index contributed by atoms with van der Waals surface area (Å²) in [4.78, 5) is 0.